The molecule has 0 saturated carbocycles. The maximum absolute atomic E-state index is 12.7. The minimum atomic E-state index is -3.82. The Morgan fingerprint density at radius 1 is 0.931 bits per heavy atom. The molecule has 0 saturated heterocycles. The van der Waals surface area contributed by atoms with Crippen LogP contribution in [0.25, 0.3) is 6.08 Å². The van der Waals surface area contributed by atoms with Crippen molar-refractivity contribution in [3.63, 3.8) is 0 Å². The zero-order valence-corrected chi connectivity index (χ0v) is 17.0. The minimum Gasteiger partial charge on any atom is -0.488 e. The second kappa shape index (κ2) is 9.42. The van der Waals surface area contributed by atoms with Crippen molar-refractivity contribution in [3.8, 4) is 11.8 Å². The van der Waals surface area contributed by atoms with E-state index in [9.17, 15) is 13.7 Å². The van der Waals surface area contributed by atoms with Crippen LogP contribution < -0.4 is 4.74 Å². The van der Waals surface area contributed by atoms with E-state index in [1.54, 1.807) is 48.5 Å². The predicted octanol–water partition coefficient (Wildman–Crippen LogP) is 5.40. The van der Waals surface area contributed by atoms with Crippen molar-refractivity contribution in [2.75, 3.05) is 0 Å². The highest BCUT2D eigenvalue weighted by Gasteiger charge is 2.19. The normalized spacial score (nSPS) is 11.7. The van der Waals surface area contributed by atoms with Crippen LogP contribution in [0, 0.1) is 11.3 Å². The van der Waals surface area contributed by atoms with E-state index in [1.807, 2.05) is 36.4 Å². The summed E-state index contributed by atoms with van der Waals surface area (Å²) in [6, 6.07) is 25.0. The van der Waals surface area contributed by atoms with Crippen LogP contribution in [0.5, 0.6) is 5.75 Å². The maximum atomic E-state index is 12.7. The van der Waals surface area contributed by atoms with Crippen LogP contribution in [-0.4, -0.2) is 8.42 Å². The molecule has 4 nitrogen and oxygen atoms in total. The fourth-order valence-corrected chi connectivity index (χ4v) is 4.04. The Morgan fingerprint density at radius 3 is 2.28 bits per heavy atom. The second-order valence-corrected chi connectivity index (χ2v) is 8.71. The molecule has 146 valence electrons. The van der Waals surface area contributed by atoms with Crippen molar-refractivity contribution < 1.29 is 13.2 Å². The molecule has 0 aliphatic heterocycles. The lowest BCUT2D eigenvalue weighted by Gasteiger charge is -2.10. The summed E-state index contributed by atoms with van der Waals surface area (Å²) in [6.45, 7) is 0.338. The van der Waals surface area contributed by atoms with Gasteiger partial charge in [0, 0.05) is 10.6 Å². The number of ether oxygens (including phenoxy) is 1. The lowest BCUT2D eigenvalue weighted by molar-refractivity contribution is 0.305. The number of sulfone groups is 1. The molecule has 0 aromatic heterocycles. The number of allylic oxidation sites excluding steroid dienone is 1. The van der Waals surface area contributed by atoms with E-state index in [1.165, 1.54) is 6.08 Å². The summed E-state index contributed by atoms with van der Waals surface area (Å²) in [5.74, 6) is 0.224. The Kier molecular flexibility index (Phi) is 6.71. The molecule has 0 radical (unpaired) electrons. The van der Waals surface area contributed by atoms with Crippen LogP contribution in [0.2, 0.25) is 5.02 Å². The molecule has 0 unspecified atom stereocenters. The highest BCUT2D eigenvalue weighted by molar-refractivity contribution is 7.95. The molecule has 0 atom stereocenters. The van der Waals surface area contributed by atoms with Crippen LogP contribution in [0.3, 0.4) is 0 Å². The fraction of sp³-hybridized carbons (Fsp3) is 0.0870. The zero-order valence-electron chi connectivity index (χ0n) is 15.5. The molecule has 0 spiro atoms. The zero-order chi connectivity index (χ0) is 20.7. The Morgan fingerprint density at radius 2 is 1.59 bits per heavy atom. The van der Waals surface area contributed by atoms with E-state index in [4.69, 9.17) is 16.3 Å². The molecule has 0 fully saturated rings. The van der Waals surface area contributed by atoms with Gasteiger partial charge in [0.15, 0.2) is 9.84 Å². The van der Waals surface area contributed by atoms with Crippen molar-refractivity contribution in [2.45, 2.75) is 12.4 Å². The van der Waals surface area contributed by atoms with E-state index < -0.39 is 9.84 Å². The summed E-state index contributed by atoms with van der Waals surface area (Å²) >= 11 is 5.84. The Balaban J connectivity index is 1.85. The van der Waals surface area contributed by atoms with Crippen molar-refractivity contribution >= 4 is 27.5 Å². The van der Waals surface area contributed by atoms with Crippen LogP contribution in [0.1, 0.15) is 16.7 Å². The summed E-state index contributed by atoms with van der Waals surface area (Å²) in [4.78, 5) is -0.316. The summed E-state index contributed by atoms with van der Waals surface area (Å²) in [7, 11) is -3.82. The number of hydrogen-bond acceptors (Lipinski definition) is 4. The first kappa shape index (κ1) is 20.7. The molecule has 0 aliphatic rings. The maximum Gasteiger partial charge on any atom is 0.192 e. The van der Waals surface area contributed by atoms with Gasteiger partial charge in [-0.25, -0.2) is 8.42 Å². The van der Waals surface area contributed by atoms with Crippen LogP contribution in [0.4, 0.5) is 0 Å². The first-order chi connectivity index (χ1) is 14.0. The predicted molar refractivity (Wildman–Crippen MR) is 115 cm³/mol. The van der Waals surface area contributed by atoms with Crippen molar-refractivity contribution in [3.05, 3.63) is 105 Å². The summed E-state index contributed by atoms with van der Waals surface area (Å²) < 4.78 is 31.3. The minimum absolute atomic E-state index is 0.281. The van der Waals surface area contributed by atoms with Gasteiger partial charge in [-0.1, -0.05) is 72.3 Å². The number of nitriles is 1. The number of nitrogens with zero attached hydrogens (tertiary/aromatic N) is 1. The standard InChI is InChI=1S/C23H18ClNO3S/c24-21-12-10-19(11-13-21)17-29(26,27)22(15-25)14-20-8-4-5-9-23(20)28-16-18-6-2-1-3-7-18/h1-14H,16-17H2. The molecule has 0 amide bonds. The lowest BCUT2D eigenvalue weighted by atomic mass is 10.2. The Hall–Kier alpha value is -3.07. The summed E-state index contributed by atoms with van der Waals surface area (Å²) in [5, 5.41) is 10.0. The number of para-hydroxylation sites is 1. The second-order valence-electron chi connectivity index (χ2n) is 6.32. The van der Waals surface area contributed by atoms with Crippen LogP contribution in [-0.2, 0) is 22.2 Å². The number of rotatable bonds is 7. The van der Waals surface area contributed by atoms with Gasteiger partial charge in [-0.15, -0.1) is 0 Å². The molecule has 3 aromatic carbocycles. The molecule has 3 aromatic rings. The smallest absolute Gasteiger partial charge is 0.192 e. The van der Waals surface area contributed by atoms with Crippen LogP contribution in [0.15, 0.2) is 83.8 Å². The molecular formula is C23H18ClNO3S. The van der Waals surface area contributed by atoms with Gasteiger partial charge < -0.3 is 4.74 Å². The van der Waals surface area contributed by atoms with Gasteiger partial charge in [0.1, 0.15) is 23.3 Å². The summed E-state index contributed by atoms with van der Waals surface area (Å²) in [6.07, 6.45) is 1.35. The van der Waals surface area contributed by atoms with Gasteiger partial charge in [-0.2, -0.15) is 5.26 Å². The fourth-order valence-electron chi connectivity index (χ4n) is 2.68. The van der Waals surface area contributed by atoms with Crippen molar-refractivity contribution in [1.29, 1.82) is 5.26 Å². The van der Waals surface area contributed by atoms with Gasteiger partial charge in [0.2, 0.25) is 0 Å². The van der Waals surface area contributed by atoms with E-state index in [0.717, 1.165) is 5.56 Å². The number of benzene rings is 3. The third kappa shape index (κ3) is 5.71. The number of halogens is 1. The highest BCUT2D eigenvalue weighted by atomic mass is 35.5. The average Bonchev–Trinajstić information content (AvgIpc) is 2.73. The topological polar surface area (TPSA) is 67.2 Å². The van der Waals surface area contributed by atoms with Gasteiger partial charge in [-0.05, 0) is 35.4 Å². The van der Waals surface area contributed by atoms with Gasteiger partial charge in [0.25, 0.3) is 0 Å². The third-order valence-corrected chi connectivity index (χ3v) is 6.00. The SMILES string of the molecule is N#CC(=Cc1ccccc1OCc1ccccc1)S(=O)(=O)Cc1ccc(Cl)cc1. The van der Waals surface area contributed by atoms with Gasteiger partial charge in [-0.3, -0.25) is 0 Å². The Bertz CT molecular complexity index is 1150. The third-order valence-electron chi connectivity index (χ3n) is 4.16. The van der Waals surface area contributed by atoms with E-state index in [2.05, 4.69) is 0 Å². The molecule has 0 bridgehead atoms. The van der Waals surface area contributed by atoms with Gasteiger partial charge >= 0.3 is 0 Å². The monoisotopic (exact) mass is 423 g/mol. The lowest BCUT2D eigenvalue weighted by Crippen LogP contribution is -2.06. The highest BCUT2D eigenvalue weighted by Crippen LogP contribution is 2.25. The molecule has 29 heavy (non-hydrogen) atoms. The molecular weight excluding hydrogens is 406 g/mol. The first-order valence-electron chi connectivity index (χ1n) is 8.83. The van der Waals surface area contributed by atoms with E-state index in [-0.39, 0.29) is 10.7 Å². The molecule has 0 N–H and O–H groups in total. The molecule has 0 aliphatic carbocycles. The summed E-state index contributed by atoms with van der Waals surface area (Å²) in [5.41, 5.74) is 2.07. The molecule has 6 heteroatoms. The first-order valence-corrected chi connectivity index (χ1v) is 10.9. The molecule has 3 rings (SSSR count). The number of hydrogen-bond donors (Lipinski definition) is 0. The quantitative estimate of drug-likeness (QED) is 0.477. The van der Waals surface area contributed by atoms with E-state index >= 15 is 0 Å². The van der Waals surface area contributed by atoms with E-state index in [0.29, 0.717) is 28.5 Å². The van der Waals surface area contributed by atoms with Crippen molar-refractivity contribution in [2.24, 2.45) is 0 Å². The molecule has 0 heterocycles. The van der Waals surface area contributed by atoms with Crippen molar-refractivity contribution in [1.82, 2.24) is 0 Å². The largest absolute Gasteiger partial charge is 0.488 e. The van der Waals surface area contributed by atoms with Crippen LogP contribution >= 0.6 is 11.6 Å². The van der Waals surface area contributed by atoms with Gasteiger partial charge in [0.05, 0.1) is 5.75 Å². The Labute approximate surface area is 175 Å². The average molecular weight is 424 g/mol.